The molecule has 0 spiro atoms. The molecule has 6 nitrogen and oxygen atoms in total. The van der Waals surface area contributed by atoms with Crippen molar-refractivity contribution in [3.05, 3.63) is 0 Å². The lowest BCUT2D eigenvalue weighted by Crippen LogP contribution is -2.69. The molecule has 1 saturated carbocycles. The normalized spacial score (nSPS) is 28.0. The average Bonchev–Trinajstić information content (AvgIpc) is 2.40. The molecule has 0 aliphatic heterocycles. The first-order valence-electron chi connectivity index (χ1n) is 7.48. The number of carbonyl (C=O) groups is 1. The summed E-state index contributed by atoms with van der Waals surface area (Å²) in [5.41, 5.74) is -0.127. The van der Waals surface area contributed by atoms with E-state index in [-0.39, 0.29) is 35.6 Å². The lowest BCUT2D eigenvalue weighted by atomic mass is 9.56. The zero-order valence-corrected chi connectivity index (χ0v) is 14.3. The Morgan fingerprint density at radius 1 is 1.38 bits per heavy atom. The molecule has 0 aromatic rings. The molecule has 0 bridgehead atoms. The first-order chi connectivity index (χ1) is 9.66. The maximum absolute atomic E-state index is 11.6. The van der Waals surface area contributed by atoms with E-state index in [1.54, 1.807) is 14.2 Å². The molecule has 1 amide bonds. The SMILES string of the molecule is CN=C(NCC(=O)NC(C)C)NC1CC(C)(OC)C1(C)C. The first-order valence-corrected chi connectivity index (χ1v) is 7.48. The Kier molecular flexibility index (Phi) is 5.61. The number of hydrogen-bond donors (Lipinski definition) is 3. The van der Waals surface area contributed by atoms with Gasteiger partial charge < -0.3 is 20.7 Å². The number of nitrogens with one attached hydrogen (secondary N) is 3. The summed E-state index contributed by atoms with van der Waals surface area (Å²) in [4.78, 5) is 15.8. The zero-order valence-electron chi connectivity index (χ0n) is 14.3. The van der Waals surface area contributed by atoms with Crippen molar-refractivity contribution in [3.63, 3.8) is 0 Å². The van der Waals surface area contributed by atoms with Crippen molar-refractivity contribution in [2.75, 3.05) is 20.7 Å². The maximum Gasteiger partial charge on any atom is 0.239 e. The predicted molar refractivity (Wildman–Crippen MR) is 85.4 cm³/mol. The molecule has 1 fully saturated rings. The second-order valence-electron chi connectivity index (χ2n) is 6.71. The molecule has 0 aromatic heterocycles. The number of nitrogens with zero attached hydrogens (tertiary/aromatic N) is 1. The molecule has 122 valence electrons. The van der Waals surface area contributed by atoms with Gasteiger partial charge in [0.25, 0.3) is 0 Å². The molecule has 6 heteroatoms. The fourth-order valence-corrected chi connectivity index (χ4v) is 2.62. The molecule has 0 heterocycles. The van der Waals surface area contributed by atoms with Crippen LogP contribution in [0, 0.1) is 5.41 Å². The van der Waals surface area contributed by atoms with E-state index in [4.69, 9.17) is 4.74 Å². The zero-order chi connectivity index (χ0) is 16.3. The van der Waals surface area contributed by atoms with E-state index in [2.05, 4.69) is 41.7 Å². The van der Waals surface area contributed by atoms with Crippen LogP contribution in [0.3, 0.4) is 0 Å². The van der Waals surface area contributed by atoms with Crippen LogP contribution in [0.2, 0.25) is 0 Å². The summed E-state index contributed by atoms with van der Waals surface area (Å²) < 4.78 is 5.61. The van der Waals surface area contributed by atoms with Gasteiger partial charge in [0.15, 0.2) is 5.96 Å². The average molecular weight is 298 g/mol. The van der Waals surface area contributed by atoms with Gasteiger partial charge in [-0.05, 0) is 27.2 Å². The molecule has 2 unspecified atom stereocenters. The molecular formula is C15H30N4O2. The molecular weight excluding hydrogens is 268 g/mol. The fourth-order valence-electron chi connectivity index (χ4n) is 2.62. The number of rotatable bonds is 5. The minimum Gasteiger partial charge on any atom is -0.378 e. The summed E-state index contributed by atoms with van der Waals surface area (Å²) in [7, 11) is 3.46. The van der Waals surface area contributed by atoms with Crippen molar-refractivity contribution in [1.29, 1.82) is 0 Å². The van der Waals surface area contributed by atoms with Gasteiger partial charge in [0.2, 0.25) is 5.91 Å². The number of methoxy groups -OCH3 is 1. The molecule has 3 N–H and O–H groups in total. The van der Waals surface area contributed by atoms with Crippen LogP contribution in [0.5, 0.6) is 0 Å². The smallest absolute Gasteiger partial charge is 0.239 e. The van der Waals surface area contributed by atoms with Crippen LogP contribution in [0.4, 0.5) is 0 Å². The second-order valence-corrected chi connectivity index (χ2v) is 6.71. The van der Waals surface area contributed by atoms with E-state index in [9.17, 15) is 4.79 Å². The van der Waals surface area contributed by atoms with Gasteiger partial charge in [-0.15, -0.1) is 0 Å². The highest BCUT2D eigenvalue weighted by atomic mass is 16.5. The van der Waals surface area contributed by atoms with Crippen LogP contribution in [-0.2, 0) is 9.53 Å². The molecule has 0 aromatic carbocycles. The van der Waals surface area contributed by atoms with Crippen LogP contribution in [0.1, 0.15) is 41.0 Å². The largest absolute Gasteiger partial charge is 0.378 e. The van der Waals surface area contributed by atoms with Gasteiger partial charge in [0.05, 0.1) is 12.1 Å². The van der Waals surface area contributed by atoms with Crippen LogP contribution in [0.15, 0.2) is 4.99 Å². The van der Waals surface area contributed by atoms with Crippen molar-refractivity contribution in [2.45, 2.75) is 58.7 Å². The highest BCUT2D eigenvalue weighted by molar-refractivity contribution is 5.86. The Hall–Kier alpha value is -1.30. The van der Waals surface area contributed by atoms with E-state index in [1.807, 2.05) is 13.8 Å². The van der Waals surface area contributed by atoms with Crippen molar-refractivity contribution in [1.82, 2.24) is 16.0 Å². The molecule has 0 saturated heterocycles. The van der Waals surface area contributed by atoms with Crippen molar-refractivity contribution in [2.24, 2.45) is 10.4 Å². The maximum atomic E-state index is 11.6. The van der Waals surface area contributed by atoms with E-state index in [0.717, 1.165) is 6.42 Å². The fraction of sp³-hybridized carbons (Fsp3) is 0.867. The standard InChI is InChI=1S/C15H30N4O2/c1-10(2)18-12(20)9-17-13(16-6)19-11-8-15(5,21-7)14(11,3)4/h10-11H,8-9H2,1-7H3,(H,18,20)(H2,16,17,19). The molecule has 2 atom stereocenters. The van der Waals surface area contributed by atoms with Gasteiger partial charge in [-0.1, -0.05) is 13.8 Å². The molecule has 21 heavy (non-hydrogen) atoms. The summed E-state index contributed by atoms with van der Waals surface area (Å²) >= 11 is 0. The number of hydrogen-bond acceptors (Lipinski definition) is 3. The Bertz CT molecular complexity index is 406. The Morgan fingerprint density at radius 3 is 2.43 bits per heavy atom. The highest BCUT2D eigenvalue weighted by Gasteiger charge is 2.58. The third-order valence-corrected chi connectivity index (χ3v) is 4.68. The summed E-state index contributed by atoms with van der Waals surface area (Å²) in [6.45, 7) is 10.6. The van der Waals surface area contributed by atoms with Crippen molar-refractivity contribution < 1.29 is 9.53 Å². The predicted octanol–water partition coefficient (Wildman–Crippen LogP) is 0.880. The van der Waals surface area contributed by atoms with Crippen molar-refractivity contribution in [3.8, 4) is 0 Å². The highest BCUT2D eigenvalue weighted by Crippen LogP contribution is 2.51. The van der Waals surface area contributed by atoms with Gasteiger partial charge in [-0.2, -0.15) is 0 Å². The minimum atomic E-state index is -0.126. The van der Waals surface area contributed by atoms with Gasteiger partial charge in [-0.3, -0.25) is 9.79 Å². The molecule has 0 radical (unpaired) electrons. The number of carbonyl (C=O) groups excluding carboxylic acids is 1. The Balaban J connectivity index is 2.49. The van der Waals surface area contributed by atoms with Gasteiger partial charge >= 0.3 is 0 Å². The van der Waals surface area contributed by atoms with E-state index in [0.29, 0.717) is 5.96 Å². The molecule has 1 aliphatic rings. The monoisotopic (exact) mass is 298 g/mol. The minimum absolute atomic E-state index is 0.000435. The van der Waals surface area contributed by atoms with Crippen LogP contribution >= 0.6 is 0 Å². The van der Waals surface area contributed by atoms with Gasteiger partial charge in [-0.25, -0.2) is 0 Å². The Morgan fingerprint density at radius 2 is 2.00 bits per heavy atom. The topological polar surface area (TPSA) is 74.8 Å². The van der Waals surface area contributed by atoms with E-state index in [1.165, 1.54) is 0 Å². The third-order valence-electron chi connectivity index (χ3n) is 4.68. The lowest BCUT2D eigenvalue weighted by molar-refractivity contribution is -0.176. The van der Waals surface area contributed by atoms with E-state index < -0.39 is 0 Å². The van der Waals surface area contributed by atoms with Crippen LogP contribution < -0.4 is 16.0 Å². The van der Waals surface area contributed by atoms with E-state index >= 15 is 0 Å². The number of amides is 1. The van der Waals surface area contributed by atoms with Gasteiger partial charge in [0.1, 0.15) is 0 Å². The number of guanidine groups is 1. The summed E-state index contributed by atoms with van der Waals surface area (Å²) in [5, 5.41) is 9.25. The van der Waals surface area contributed by atoms with Gasteiger partial charge in [0, 0.05) is 31.7 Å². The number of ether oxygens (including phenoxy) is 1. The summed E-state index contributed by atoms with van der Waals surface area (Å²) in [5.74, 6) is 0.604. The second kappa shape index (κ2) is 6.64. The Labute approximate surface area is 128 Å². The quantitative estimate of drug-likeness (QED) is 0.520. The lowest BCUT2D eigenvalue weighted by Gasteiger charge is -2.59. The number of aliphatic imine (C=N–C) groups is 1. The van der Waals surface area contributed by atoms with Crippen LogP contribution in [0.25, 0.3) is 0 Å². The van der Waals surface area contributed by atoms with Crippen molar-refractivity contribution >= 4 is 11.9 Å². The van der Waals surface area contributed by atoms with Crippen LogP contribution in [-0.4, -0.2) is 50.3 Å². The first kappa shape index (κ1) is 17.8. The molecule has 1 rings (SSSR count). The summed E-state index contributed by atoms with van der Waals surface area (Å²) in [6, 6.07) is 0.407. The summed E-state index contributed by atoms with van der Waals surface area (Å²) in [6.07, 6.45) is 0.912. The third kappa shape index (κ3) is 3.87. The molecule has 1 aliphatic carbocycles.